The molecule has 0 atom stereocenters. The van der Waals surface area contributed by atoms with Crippen LogP contribution in [0.25, 0.3) is 0 Å². The highest BCUT2D eigenvalue weighted by Crippen LogP contribution is 2.12. The van der Waals surface area contributed by atoms with Crippen LogP contribution in [0.5, 0.6) is 0 Å². The smallest absolute Gasteiger partial charge is 0.335 e. The predicted octanol–water partition coefficient (Wildman–Crippen LogP) is 1.81. The molecule has 0 radical (unpaired) electrons. The molecule has 5 heteroatoms. The summed E-state index contributed by atoms with van der Waals surface area (Å²) in [6.07, 6.45) is 3.19. The van der Waals surface area contributed by atoms with Gasteiger partial charge in [-0.25, -0.2) is 14.8 Å². The summed E-state index contributed by atoms with van der Waals surface area (Å²) >= 11 is 0. The molecule has 2 rings (SSSR count). The highest BCUT2D eigenvalue weighted by atomic mass is 16.4. The first-order chi connectivity index (χ1) is 8.66. The molecule has 0 amide bonds. The Bertz CT molecular complexity index is 526. The van der Waals surface area contributed by atoms with Gasteiger partial charge in [-0.2, -0.15) is 0 Å². The highest BCUT2D eigenvalue weighted by molar-refractivity contribution is 5.87. The van der Waals surface area contributed by atoms with Crippen LogP contribution in [0.2, 0.25) is 0 Å². The summed E-state index contributed by atoms with van der Waals surface area (Å²) in [5.41, 5.74) is 1.32. The first kappa shape index (κ1) is 12.0. The molecule has 1 aromatic carbocycles. The molecule has 0 bridgehead atoms. The Morgan fingerprint density at radius 1 is 1.28 bits per heavy atom. The van der Waals surface area contributed by atoms with Crippen LogP contribution in [-0.4, -0.2) is 28.1 Å². The van der Waals surface area contributed by atoms with Gasteiger partial charge >= 0.3 is 5.97 Å². The maximum Gasteiger partial charge on any atom is 0.335 e. The molecule has 2 aromatic rings. The minimum atomic E-state index is -0.911. The van der Waals surface area contributed by atoms with E-state index in [0.29, 0.717) is 12.1 Å². The number of hydrogen-bond donors (Lipinski definition) is 1. The Hall–Kier alpha value is -2.43. The topological polar surface area (TPSA) is 66.3 Å². The number of nitrogens with zero attached hydrogens (tertiary/aromatic N) is 3. The van der Waals surface area contributed by atoms with Crippen molar-refractivity contribution in [3.05, 3.63) is 54.0 Å². The number of aromatic nitrogens is 2. The Morgan fingerprint density at radius 2 is 2.00 bits per heavy atom. The van der Waals surface area contributed by atoms with Gasteiger partial charge in [-0.15, -0.1) is 0 Å². The van der Waals surface area contributed by atoms with E-state index in [1.165, 1.54) is 6.33 Å². The summed E-state index contributed by atoms with van der Waals surface area (Å²) in [7, 11) is 1.92. The lowest BCUT2D eigenvalue weighted by Crippen LogP contribution is -2.17. The Morgan fingerprint density at radius 3 is 2.56 bits per heavy atom. The molecule has 1 N–H and O–H groups in total. The highest BCUT2D eigenvalue weighted by Gasteiger charge is 2.05. The number of hydrogen-bond acceptors (Lipinski definition) is 4. The van der Waals surface area contributed by atoms with Crippen LogP contribution in [-0.2, 0) is 6.54 Å². The maximum absolute atomic E-state index is 10.7. The second-order valence-corrected chi connectivity index (χ2v) is 3.93. The molecule has 0 spiro atoms. The van der Waals surface area contributed by atoms with Crippen molar-refractivity contribution >= 4 is 11.8 Å². The number of carboxylic acids is 1. The summed E-state index contributed by atoms with van der Waals surface area (Å²) in [5, 5.41) is 8.81. The maximum atomic E-state index is 10.7. The Balaban J connectivity index is 2.08. The molecule has 0 aliphatic heterocycles. The van der Waals surface area contributed by atoms with Crippen molar-refractivity contribution in [3.8, 4) is 0 Å². The zero-order valence-electron chi connectivity index (χ0n) is 9.95. The van der Waals surface area contributed by atoms with Crippen molar-refractivity contribution in [1.82, 2.24) is 9.97 Å². The minimum Gasteiger partial charge on any atom is -0.478 e. The van der Waals surface area contributed by atoms with E-state index >= 15 is 0 Å². The lowest BCUT2D eigenvalue weighted by Gasteiger charge is -2.17. The summed E-state index contributed by atoms with van der Waals surface area (Å²) in [5.74, 6) is -0.0852. The van der Waals surface area contributed by atoms with Gasteiger partial charge in [0.1, 0.15) is 12.1 Å². The van der Waals surface area contributed by atoms with E-state index < -0.39 is 5.97 Å². The molecule has 0 fully saturated rings. The molecule has 0 saturated heterocycles. The van der Waals surface area contributed by atoms with Crippen molar-refractivity contribution in [1.29, 1.82) is 0 Å². The number of rotatable bonds is 4. The monoisotopic (exact) mass is 243 g/mol. The SMILES string of the molecule is CN(Cc1ccc(C(=O)O)cc1)c1ccncn1. The normalized spacial score (nSPS) is 10.1. The lowest BCUT2D eigenvalue weighted by atomic mass is 10.1. The molecule has 18 heavy (non-hydrogen) atoms. The van der Waals surface area contributed by atoms with Crippen LogP contribution in [0, 0.1) is 0 Å². The van der Waals surface area contributed by atoms with E-state index in [0.717, 1.165) is 11.4 Å². The van der Waals surface area contributed by atoms with Crippen LogP contribution < -0.4 is 4.90 Å². The minimum absolute atomic E-state index is 0.295. The molecule has 1 aromatic heterocycles. The van der Waals surface area contributed by atoms with E-state index in [4.69, 9.17) is 5.11 Å². The predicted molar refractivity (Wildman–Crippen MR) is 67.5 cm³/mol. The first-order valence-corrected chi connectivity index (χ1v) is 5.46. The quantitative estimate of drug-likeness (QED) is 0.887. The largest absolute Gasteiger partial charge is 0.478 e. The molecule has 0 aliphatic rings. The van der Waals surface area contributed by atoms with Gasteiger partial charge in [-0.05, 0) is 23.8 Å². The van der Waals surface area contributed by atoms with Crippen molar-refractivity contribution in [3.63, 3.8) is 0 Å². The summed E-state index contributed by atoms with van der Waals surface area (Å²) in [6.45, 7) is 0.664. The van der Waals surface area contributed by atoms with Gasteiger partial charge in [0.15, 0.2) is 0 Å². The van der Waals surface area contributed by atoms with Crippen LogP contribution in [0.4, 0.5) is 5.82 Å². The van der Waals surface area contributed by atoms with Crippen LogP contribution in [0.15, 0.2) is 42.9 Å². The molecule has 92 valence electrons. The van der Waals surface area contributed by atoms with Crippen molar-refractivity contribution in [2.75, 3.05) is 11.9 Å². The Kier molecular flexibility index (Phi) is 3.52. The van der Waals surface area contributed by atoms with E-state index in [2.05, 4.69) is 9.97 Å². The lowest BCUT2D eigenvalue weighted by molar-refractivity contribution is 0.0697. The fraction of sp³-hybridized carbons (Fsp3) is 0.154. The molecule has 5 nitrogen and oxygen atoms in total. The van der Waals surface area contributed by atoms with E-state index in [1.807, 2.05) is 18.0 Å². The standard InChI is InChI=1S/C13H13N3O2/c1-16(12-6-7-14-9-15-12)8-10-2-4-11(5-3-10)13(17)18/h2-7,9H,8H2,1H3,(H,17,18). The molecular weight excluding hydrogens is 230 g/mol. The van der Waals surface area contributed by atoms with E-state index in [9.17, 15) is 4.79 Å². The third-order valence-electron chi connectivity index (χ3n) is 2.58. The van der Waals surface area contributed by atoms with Gasteiger partial charge in [0.05, 0.1) is 5.56 Å². The number of benzene rings is 1. The van der Waals surface area contributed by atoms with Gasteiger partial charge in [-0.1, -0.05) is 12.1 Å². The van der Waals surface area contributed by atoms with Crippen LogP contribution in [0.3, 0.4) is 0 Å². The average molecular weight is 243 g/mol. The van der Waals surface area contributed by atoms with E-state index in [1.54, 1.807) is 30.5 Å². The number of carboxylic acid groups (broad SMARTS) is 1. The summed E-state index contributed by atoms with van der Waals surface area (Å²) in [4.78, 5) is 20.7. The zero-order valence-corrected chi connectivity index (χ0v) is 9.95. The molecule has 0 saturated carbocycles. The molecule has 0 aliphatic carbocycles. The zero-order chi connectivity index (χ0) is 13.0. The van der Waals surface area contributed by atoms with Crippen molar-refractivity contribution in [2.24, 2.45) is 0 Å². The number of aromatic carboxylic acids is 1. The van der Waals surface area contributed by atoms with Gasteiger partial charge in [-0.3, -0.25) is 0 Å². The summed E-state index contributed by atoms with van der Waals surface area (Å²) in [6, 6.07) is 8.64. The van der Waals surface area contributed by atoms with Crippen molar-refractivity contribution < 1.29 is 9.90 Å². The van der Waals surface area contributed by atoms with Gasteiger partial charge in [0.25, 0.3) is 0 Å². The summed E-state index contributed by atoms with van der Waals surface area (Å²) < 4.78 is 0. The van der Waals surface area contributed by atoms with E-state index in [-0.39, 0.29) is 0 Å². The second-order valence-electron chi connectivity index (χ2n) is 3.93. The average Bonchev–Trinajstić information content (AvgIpc) is 2.40. The third-order valence-corrected chi connectivity index (χ3v) is 2.58. The fourth-order valence-corrected chi connectivity index (χ4v) is 1.62. The fourth-order valence-electron chi connectivity index (χ4n) is 1.62. The molecular formula is C13H13N3O2. The van der Waals surface area contributed by atoms with Gasteiger partial charge in [0.2, 0.25) is 0 Å². The van der Waals surface area contributed by atoms with Gasteiger partial charge in [0, 0.05) is 19.8 Å². The van der Waals surface area contributed by atoms with Crippen LogP contribution in [0.1, 0.15) is 15.9 Å². The third kappa shape index (κ3) is 2.82. The number of anilines is 1. The second kappa shape index (κ2) is 5.27. The molecule has 0 unspecified atom stereocenters. The van der Waals surface area contributed by atoms with Crippen LogP contribution >= 0.6 is 0 Å². The molecule has 1 heterocycles. The first-order valence-electron chi connectivity index (χ1n) is 5.46. The number of carbonyl (C=O) groups is 1. The van der Waals surface area contributed by atoms with Gasteiger partial charge < -0.3 is 10.0 Å². The van der Waals surface area contributed by atoms with Crippen molar-refractivity contribution in [2.45, 2.75) is 6.54 Å². The Labute approximate surface area is 105 Å².